The van der Waals surface area contributed by atoms with Crippen molar-refractivity contribution in [2.45, 2.75) is 14.9 Å². The lowest BCUT2D eigenvalue weighted by Crippen LogP contribution is -2.51. The molecular formula is C23H18BrCl3F3N3O5S. The van der Waals surface area contributed by atoms with Gasteiger partial charge in [0, 0.05) is 47.8 Å². The van der Waals surface area contributed by atoms with Crippen molar-refractivity contribution in [1.82, 2.24) is 8.87 Å². The third kappa shape index (κ3) is 6.43. The molecule has 16 heteroatoms. The molecule has 0 N–H and O–H groups in total. The summed E-state index contributed by atoms with van der Waals surface area (Å²) in [6.45, 7) is -1.31. The Hall–Kier alpha value is -2.19. The first kappa shape index (κ1) is 29.8. The number of rotatable bonds is 6. The maximum Gasteiger partial charge on any atom is 0.422 e. The van der Waals surface area contributed by atoms with Gasteiger partial charge in [-0.1, -0.05) is 56.8 Å². The van der Waals surface area contributed by atoms with Crippen LogP contribution in [0.5, 0.6) is 5.75 Å². The van der Waals surface area contributed by atoms with Crippen molar-refractivity contribution in [3.05, 3.63) is 52.6 Å². The zero-order valence-electron chi connectivity index (χ0n) is 19.6. The maximum absolute atomic E-state index is 13.7. The molecule has 2 heterocycles. The summed E-state index contributed by atoms with van der Waals surface area (Å²) in [5.74, 6) is -0.963. The van der Waals surface area contributed by atoms with Gasteiger partial charge in [0.25, 0.3) is 19.7 Å². The molecule has 39 heavy (non-hydrogen) atoms. The Morgan fingerprint density at radius 3 is 2.31 bits per heavy atom. The largest absolute Gasteiger partial charge is 0.482 e. The van der Waals surface area contributed by atoms with Crippen LogP contribution in [-0.4, -0.2) is 72.2 Å². The number of carbonyl (C=O) groups is 2. The van der Waals surface area contributed by atoms with Gasteiger partial charge < -0.3 is 14.5 Å². The zero-order chi connectivity index (χ0) is 28.8. The SMILES string of the molecule is O=Cc1cn(S(=O)(=O)c2ccc(OCC(F)(F)F)c(N3CCN(C(=O)C(Cl)(Cl)Cl)CC3)c2)c2cc(Br)ccc12. The smallest absolute Gasteiger partial charge is 0.422 e. The van der Waals surface area contributed by atoms with E-state index in [-0.39, 0.29) is 53.6 Å². The van der Waals surface area contributed by atoms with Gasteiger partial charge in [-0.2, -0.15) is 13.2 Å². The van der Waals surface area contributed by atoms with E-state index < -0.39 is 32.5 Å². The Morgan fingerprint density at radius 1 is 1.05 bits per heavy atom. The molecule has 0 aliphatic carbocycles. The fourth-order valence-electron chi connectivity index (χ4n) is 4.12. The van der Waals surface area contributed by atoms with Crippen LogP contribution in [0.3, 0.4) is 0 Å². The first-order valence-electron chi connectivity index (χ1n) is 11.1. The molecule has 0 unspecified atom stereocenters. The topological polar surface area (TPSA) is 88.9 Å². The van der Waals surface area contributed by atoms with Crippen LogP contribution in [0, 0.1) is 0 Å². The molecule has 1 aliphatic rings. The van der Waals surface area contributed by atoms with Gasteiger partial charge in [0.05, 0.1) is 16.1 Å². The third-order valence-corrected chi connectivity index (χ3v) is 8.57. The third-order valence-electron chi connectivity index (χ3n) is 5.92. The Balaban J connectivity index is 1.74. The number of piperazine rings is 1. The summed E-state index contributed by atoms with van der Waals surface area (Å²) in [4.78, 5) is 26.5. The van der Waals surface area contributed by atoms with Crippen molar-refractivity contribution < 1.29 is 35.9 Å². The molecule has 1 saturated heterocycles. The van der Waals surface area contributed by atoms with Crippen molar-refractivity contribution in [3.63, 3.8) is 0 Å². The molecule has 1 aromatic heterocycles. The predicted octanol–water partition coefficient (Wildman–Crippen LogP) is 5.41. The summed E-state index contributed by atoms with van der Waals surface area (Å²) >= 11 is 20.3. The number of anilines is 1. The molecule has 8 nitrogen and oxygen atoms in total. The second kappa shape index (κ2) is 11.0. The number of hydrogen-bond donors (Lipinski definition) is 0. The van der Waals surface area contributed by atoms with E-state index >= 15 is 0 Å². The predicted molar refractivity (Wildman–Crippen MR) is 145 cm³/mol. The van der Waals surface area contributed by atoms with Crippen LogP contribution in [0.4, 0.5) is 18.9 Å². The van der Waals surface area contributed by atoms with Crippen LogP contribution >= 0.6 is 50.7 Å². The van der Waals surface area contributed by atoms with Crippen LogP contribution < -0.4 is 9.64 Å². The highest BCUT2D eigenvalue weighted by Crippen LogP contribution is 2.36. The molecule has 210 valence electrons. The van der Waals surface area contributed by atoms with E-state index in [0.29, 0.717) is 16.1 Å². The number of fused-ring (bicyclic) bond motifs is 1. The van der Waals surface area contributed by atoms with Crippen LogP contribution in [0.1, 0.15) is 10.4 Å². The number of ether oxygens (including phenoxy) is 1. The summed E-state index contributed by atoms with van der Waals surface area (Å²) in [5, 5.41) is 0.400. The van der Waals surface area contributed by atoms with E-state index in [1.54, 1.807) is 17.0 Å². The zero-order valence-corrected chi connectivity index (χ0v) is 24.3. The molecule has 0 atom stereocenters. The van der Waals surface area contributed by atoms with Crippen LogP contribution in [0.25, 0.3) is 10.9 Å². The summed E-state index contributed by atoms with van der Waals surface area (Å²) in [6.07, 6.45) is -2.94. The van der Waals surface area contributed by atoms with E-state index in [9.17, 15) is 31.2 Å². The fourth-order valence-corrected chi connectivity index (χ4v) is 6.22. The number of nitrogens with zero attached hydrogens (tertiary/aromatic N) is 3. The molecule has 0 bridgehead atoms. The van der Waals surface area contributed by atoms with E-state index in [4.69, 9.17) is 39.5 Å². The normalized spacial score (nSPS) is 15.1. The highest BCUT2D eigenvalue weighted by molar-refractivity contribution is 9.10. The van der Waals surface area contributed by atoms with Crippen LogP contribution in [0.15, 0.2) is 52.0 Å². The molecule has 0 radical (unpaired) electrons. The fraction of sp³-hybridized carbons (Fsp3) is 0.304. The summed E-state index contributed by atoms with van der Waals surface area (Å²) in [7, 11) is -4.32. The first-order valence-corrected chi connectivity index (χ1v) is 14.4. The van der Waals surface area contributed by atoms with E-state index in [0.717, 1.165) is 16.1 Å². The molecule has 1 aliphatic heterocycles. The Bertz CT molecular complexity index is 1540. The molecule has 0 saturated carbocycles. The van der Waals surface area contributed by atoms with Crippen molar-refractivity contribution in [2.24, 2.45) is 0 Å². The van der Waals surface area contributed by atoms with Crippen molar-refractivity contribution in [1.29, 1.82) is 0 Å². The van der Waals surface area contributed by atoms with Gasteiger partial charge in [-0.15, -0.1) is 0 Å². The number of hydrogen-bond acceptors (Lipinski definition) is 6. The van der Waals surface area contributed by atoms with Gasteiger partial charge >= 0.3 is 6.18 Å². The van der Waals surface area contributed by atoms with E-state index in [1.807, 2.05) is 0 Å². The van der Waals surface area contributed by atoms with Gasteiger partial charge in [0.15, 0.2) is 12.9 Å². The van der Waals surface area contributed by atoms with Crippen molar-refractivity contribution in [3.8, 4) is 5.75 Å². The molecule has 3 aromatic rings. The molecule has 0 spiro atoms. The number of amides is 1. The minimum absolute atomic E-state index is 0.0569. The summed E-state index contributed by atoms with van der Waals surface area (Å²) < 4.78 is 70.5. The quantitative estimate of drug-likeness (QED) is 0.254. The second-order valence-electron chi connectivity index (χ2n) is 8.48. The van der Waals surface area contributed by atoms with E-state index in [2.05, 4.69) is 15.9 Å². The number of aldehydes is 1. The standard InChI is InChI=1S/C23H18BrCl3F3N3O5S/c24-15-1-3-17-14(12-34)11-33(18(17)9-15)39(36,37)16-2-4-20(38-13-22(28,29)30)19(10-16)31-5-7-32(8-6-31)21(35)23(25,26)27/h1-4,9-12H,5-8,13H2. The second-order valence-corrected chi connectivity index (χ2v) is 13.5. The first-order chi connectivity index (χ1) is 18.1. The van der Waals surface area contributed by atoms with Gasteiger partial charge in [-0.3, -0.25) is 9.59 Å². The van der Waals surface area contributed by atoms with Crippen molar-refractivity contribution in [2.75, 3.05) is 37.7 Å². The number of carbonyl (C=O) groups excluding carboxylic acids is 2. The molecule has 4 rings (SSSR count). The minimum atomic E-state index is -4.64. The molecular weight excluding hydrogens is 674 g/mol. The minimum Gasteiger partial charge on any atom is -0.482 e. The van der Waals surface area contributed by atoms with E-state index in [1.165, 1.54) is 23.2 Å². The number of benzene rings is 2. The Kier molecular flexibility index (Phi) is 8.40. The monoisotopic (exact) mass is 689 g/mol. The average molecular weight is 692 g/mol. The highest BCUT2D eigenvalue weighted by Gasteiger charge is 2.37. The summed E-state index contributed by atoms with van der Waals surface area (Å²) in [5.41, 5.74) is 0.431. The lowest BCUT2D eigenvalue weighted by atomic mass is 10.2. The van der Waals surface area contributed by atoms with Gasteiger partial charge in [0.1, 0.15) is 5.75 Å². The van der Waals surface area contributed by atoms with Crippen LogP contribution in [-0.2, 0) is 14.8 Å². The Labute approximate surface area is 244 Å². The highest BCUT2D eigenvalue weighted by atomic mass is 79.9. The average Bonchev–Trinajstić information content (AvgIpc) is 3.24. The van der Waals surface area contributed by atoms with Crippen LogP contribution in [0.2, 0.25) is 0 Å². The Morgan fingerprint density at radius 2 is 1.72 bits per heavy atom. The molecule has 1 fully saturated rings. The lowest BCUT2D eigenvalue weighted by Gasteiger charge is -2.37. The van der Waals surface area contributed by atoms with Gasteiger partial charge in [-0.25, -0.2) is 12.4 Å². The lowest BCUT2D eigenvalue weighted by molar-refractivity contribution is -0.153. The van der Waals surface area contributed by atoms with Crippen molar-refractivity contribution >= 4 is 89.5 Å². The van der Waals surface area contributed by atoms with Gasteiger partial charge in [-0.05, 0) is 30.3 Å². The molecule has 1 amide bonds. The summed E-state index contributed by atoms with van der Waals surface area (Å²) in [6, 6.07) is 8.23. The maximum atomic E-state index is 13.7. The van der Waals surface area contributed by atoms with Gasteiger partial charge in [0.2, 0.25) is 0 Å². The molecule has 2 aromatic carbocycles. The number of alkyl halides is 6. The number of halogens is 7. The number of aromatic nitrogens is 1.